The van der Waals surface area contributed by atoms with Crippen LogP contribution in [0.1, 0.15) is 32.0 Å². The van der Waals surface area contributed by atoms with Crippen LogP contribution in [-0.2, 0) is 18.4 Å². The lowest BCUT2D eigenvalue weighted by Gasteiger charge is -2.27. The van der Waals surface area contributed by atoms with Gasteiger partial charge in [0.25, 0.3) is 5.56 Å². The molecule has 1 N–H and O–H groups in total. The number of carboxylic acids is 1. The Morgan fingerprint density at radius 2 is 1.83 bits per heavy atom. The van der Waals surface area contributed by atoms with E-state index in [0.717, 1.165) is 31.9 Å². The van der Waals surface area contributed by atoms with E-state index < -0.39 is 12.1 Å². The third kappa shape index (κ3) is 4.92. The molecule has 0 bridgehead atoms. The molecule has 0 aromatic carbocycles. The number of piperidine rings is 1. The van der Waals surface area contributed by atoms with Crippen LogP contribution in [0.25, 0.3) is 11.2 Å². The third-order valence-corrected chi connectivity index (χ3v) is 4.39. The number of imidazole rings is 1. The molecule has 0 unspecified atom stereocenters. The van der Waals surface area contributed by atoms with Gasteiger partial charge in [0.05, 0.1) is 6.54 Å². The monoisotopic (exact) mass is 423 g/mol. The maximum Gasteiger partial charge on any atom is 0.490 e. The van der Waals surface area contributed by atoms with Crippen molar-refractivity contribution >= 4 is 23.1 Å². The van der Waals surface area contributed by atoms with Crippen molar-refractivity contribution in [2.75, 3.05) is 18.0 Å². The molecule has 1 fully saturated rings. The Labute approximate surface area is 170 Å². The highest BCUT2D eigenvalue weighted by Gasteiger charge is 2.38. The summed E-state index contributed by atoms with van der Waals surface area (Å²) in [6, 6.07) is 0. The third-order valence-electron chi connectivity index (χ3n) is 4.39. The Bertz CT molecular complexity index is 1090. The molecule has 1 aliphatic heterocycles. The summed E-state index contributed by atoms with van der Waals surface area (Å²) in [6.07, 6.45) is 3.84. The highest BCUT2D eigenvalue weighted by Crippen LogP contribution is 2.22. The second-order valence-corrected chi connectivity index (χ2v) is 6.39. The summed E-state index contributed by atoms with van der Waals surface area (Å²) in [6.45, 7) is 4.08. The van der Waals surface area contributed by atoms with Crippen LogP contribution in [0.5, 0.6) is 0 Å². The smallest absolute Gasteiger partial charge is 0.475 e. The van der Waals surface area contributed by atoms with Gasteiger partial charge >= 0.3 is 12.1 Å². The number of alkyl halides is 3. The molecule has 1 saturated heterocycles. The first-order valence-corrected chi connectivity index (χ1v) is 9.00. The van der Waals surface area contributed by atoms with E-state index in [9.17, 15) is 18.0 Å². The van der Waals surface area contributed by atoms with Crippen LogP contribution in [-0.4, -0.2) is 49.4 Å². The minimum Gasteiger partial charge on any atom is -0.475 e. The molecule has 1 aliphatic rings. The number of carboxylic acid groups (broad SMARTS) is 1. The standard InChI is InChI=1S/C17H19N5O.C2HF3O2/c1-4-6-12-22-14-15(18-13(5-2)20(3)16(14)23)19-17(22)21-10-8-7-9-11-21;3-2(4,5)1(6)7/h2H,7-12H2,1,3H3;(H,6,7). The number of fused-ring (bicyclic) bond motifs is 1. The second kappa shape index (κ2) is 9.35. The number of halogens is 3. The van der Waals surface area contributed by atoms with Crippen molar-refractivity contribution in [3.8, 4) is 24.2 Å². The summed E-state index contributed by atoms with van der Waals surface area (Å²) in [5, 5.41) is 7.12. The van der Waals surface area contributed by atoms with Gasteiger partial charge in [0.1, 0.15) is 0 Å². The number of aliphatic carboxylic acids is 1. The highest BCUT2D eigenvalue weighted by atomic mass is 19.4. The van der Waals surface area contributed by atoms with Gasteiger partial charge in [0, 0.05) is 20.1 Å². The number of nitrogens with zero attached hydrogens (tertiary/aromatic N) is 5. The fraction of sp³-hybridized carbons (Fsp3) is 0.474. The van der Waals surface area contributed by atoms with Crippen molar-refractivity contribution in [2.45, 2.75) is 38.9 Å². The van der Waals surface area contributed by atoms with Crippen LogP contribution in [0, 0.1) is 24.2 Å². The van der Waals surface area contributed by atoms with Crippen molar-refractivity contribution in [1.29, 1.82) is 0 Å². The fourth-order valence-electron chi connectivity index (χ4n) is 2.92. The quantitative estimate of drug-likeness (QED) is 0.740. The average Bonchev–Trinajstić information content (AvgIpc) is 3.08. The number of rotatable bonds is 2. The van der Waals surface area contributed by atoms with E-state index in [-0.39, 0.29) is 5.56 Å². The van der Waals surface area contributed by atoms with Gasteiger partial charge in [-0.3, -0.25) is 13.9 Å². The van der Waals surface area contributed by atoms with E-state index in [0.29, 0.717) is 23.5 Å². The summed E-state index contributed by atoms with van der Waals surface area (Å²) in [5.41, 5.74) is 0.686. The predicted octanol–water partition coefficient (Wildman–Crippen LogP) is 1.76. The lowest BCUT2D eigenvalue weighted by atomic mass is 10.1. The topological polar surface area (TPSA) is 93.3 Å². The van der Waals surface area contributed by atoms with E-state index in [2.05, 4.69) is 32.6 Å². The van der Waals surface area contributed by atoms with Gasteiger partial charge in [-0.15, -0.1) is 12.3 Å². The van der Waals surface area contributed by atoms with Gasteiger partial charge in [0.15, 0.2) is 17.0 Å². The predicted molar refractivity (Wildman–Crippen MR) is 104 cm³/mol. The van der Waals surface area contributed by atoms with Gasteiger partial charge < -0.3 is 10.0 Å². The largest absolute Gasteiger partial charge is 0.490 e. The van der Waals surface area contributed by atoms with Crippen LogP contribution in [0.3, 0.4) is 0 Å². The zero-order valence-electron chi connectivity index (χ0n) is 16.5. The number of carbonyl (C=O) groups is 1. The average molecular weight is 423 g/mol. The van der Waals surface area contributed by atoms with E-state index in [1.165, 1.54) is 11.0 Å². The molecule has 30 heavy (non-hydrogen) atoms. The minimum absolute atomic E-state index is 0.184. The molecule has 11 heteroatoms. The Hall–Kier alpha value is -3.47. The second-order valence-electron chi connectivity index (χ2n) is 6.39. The van der Waals surface area contributed by atoms with Crippen LogP contribution in [0.4, 0.5) is 19.1 Å². The molecule has 0 atom stereocenters. The molecular formula is C19H20F3N5O3. The number of terminal acetylenes is 1. The maximum atomic E-state index is 12.7. The van der Waals surface area contributed by atoms with Crippen molar-refractivity contribution < 1.29 is 23.1 Å². The number of aromatic nitrogens is 4. The lowest BCUT2D eigenvalue weighted by Crippen LogP contribution is -2.32. The molecule has 0 spiro atoms. The highest BCUT2D eigenvalue weighted by molar-refractivity contribution is 5.75. The van der Waals surface area contributed by atoms with Crippen molar-refractivity contribution in [3.05, 3.63) is 16.2 Å². The lowest BCUT2D eigenvalue weighted by molar-refractivity contribution is -0.192. The Morgan fingerprint density at radius 3 is 2.33 bits per heavy atom. The summed E-state index contributed by atoms with van der Waals surface area (Å²) in [7, 11) is 1.63. The van der Waals surface area contributed by atoms with Gasteiger partial charge in [-0.05, 0) is 32.1 Å². The van der Waals surface area contributed by atoms with Crippen molar-refractivity contribution in [2.24, 2.45) is 7.05 Å². The first-order chi connectivity index (χ1) is 14.1. The van der Waals surface area contributed by atoms with Gasteiger partial charge in [-0.1, -0.05) is 5.92 Å². The fourth-order valence-corrected chi connectivity index (χ4v) is 2.92. The maximum absolute atomic E-state index is 12.7. The van der Waals surface area contributed by atoms with E-state index in [4.69, 9.17) is 16.3 Å². The Balaban J connectivity index is 0.000000396. The van der Waals surface area contributed by atoms with Gasteiger partial charge in [-0.25, -0.2) is 9.78 Å². The van der Waals surface area contributed by atoms with Gasteiger partial charge in [0.2, 0.25) is 5.95 Å². The van der Waals surface area contributed by atoms with E-state index in [1.54, 1.807) is 14.0 Å². The molecule has 0 amide bonds. The normalized spacial score (nSPS) is 13.7. The van der Waals surface area contributed by atoms with Crippen molar-refractivity contribution in [3.63, 3.8) is 0 Å². The summed E-state index contributed by atoms with van der Waals surface area (Å²) >= 11 is 0. The molecule has 160 valence electrons. The molecule has 3 heterocycles. The van der Waals surface area contributed by atoms with Crippen LogP contribution in [0.2, 0.25) is 0 Å². The number of anilines is 1. The summed E-state index contributed by atoms with van der Waals surface area (Å²) < 4.78 is 35.0. The first kappa shape index (κ1) is 22.8. The zero-order chi connectivity index (χ0) is 22.5. The van der Waals surface area contributed by atoms with E-state index >= 15 is 0 Å². The summed E-state index contributed by atoms with van der Waals surface area (Å²) in [4.78, 5) is 32.7. The summed E-state index contributed by atoms with van der Waals surface area (Å²) in [5.74, 6) is 6.65. The molecule has 0 aliphatic carbocycles. The molecule has 0 saturated carbocycles. The molecule has 8 nitrogen and oxygen atoms in total. The first-order valence-electron chi connectivity index (χ1n) is 9.00. The van der Waals surface area contributed by atoms with Crippen LogP contribution in [0.15, 0.2) is 4.79 Å². The molecule has 2 aromatic rings. The SMILES string of the molecule is C#Cc1nc2nc(N3CCCCC3)n(CC#CC)c2c(=O)n1C.O=C(O)C(F)(F)F. The van der Waals surface area contributed by atoms with Crippen LogP contribution >= 0.6 is 0 Å². The number of hydrogen-bond acceptors (Lipinski definition) is 5. The molecule has 2 aromatic heterocycles. The molecular weight excluding hydrogens is 403 g/mol. The molecule has 0 radical (unpaired) electrons. The van der Waals surface area contributed by atoms with Crippen LogP contribution < -0.4 is 10.5 Å². The van der Waals surface area contributed by atoms with Crippen molar-refractivity contribution in [1.82, 2.24) is 19.1 Å². The number of hydrogen-bond donors (Lipinski definition) is 1. The zero-order valence-corrected chi connectivity index (χ0v) is 16.5. The van der Waals surface area contributed by atoms with Gasteiger partial charge in [-0.2, -0.15) is 18.2 Å². The minimum atomic E-state index is -5.08. The Morgan fingerprint density at radius 1 is 1.23 bits per heavy atom. The Kier molecular flexibility index (Phi) is 7.11. The molecule has 3 rings (SSSR count). The van der Waals surface area contributed by atoms with E-state index in [1.807, 2.05) is 4.57 Å².